The van der Waals surface area contributed by atoms with Gasteiger partial charge in [0.2, 0.25) is 0 Å². The van der Waals surface area contributed by atoms with Gasteiger partial charge >= 0.3 is 0 Å². The third-order valence-electron chi connectivity index (χ3n) is 5.51. The largest absolute Gasteiger partial charge is 0.493 e. The molecule has 3 N–H and O–H groups in total. The summed E-state index contributed by atoms with van der Waals surface area (Å²) in [6.07, 6.45) is 5.77. The molecule has 0 aliphatic rings. The van der Waals surface area contributed by atoms with Gasteiger partial charge in [0.15, 0.2) is 0 Å². The molecule has 0 fully saturated rings. The van der Waals surface area contributed by atoms with E-state index in [1.54, 1.807) is 74.7 Å². The molecule has 0 radical (unpaired) electrons. The summed E-state index contributed by atoms with van der Waals surface area (Å²) >= 11 is 0. The first kappa shape index (κ1) is 28.6. The number of furan rings is 1. The van der Waals surface area contributed by atoms with Crippen molar-refractivity contribution in [1.82, 2.24) is 4.90 Å². The smallest absolute Gasteiger partial charge is 0.290 e. The van der Waals surface area contributed by atoms with Crippen LogP contribution in [0.3, 0.4) is 0 Å². The number of nitrogens with zero attached hydrogens (tertiary/aromatic N) is 1. The molecule has 1 amide bonds. The minimum atomic E-state index is -2.55. The maximum atomic E-state index is 13.4. The van der Waals surface area contributed by atoms with Crippen LogP contribution in [0.5, 0.6) is 5.75 Å². The summed E-state index contributed by atoms with van der Waals surface area (Å²) in [6.45, 7) is 5.84. The van der Waals surface area contributed by atoms with E-state index in [-0.39, 0.29) is 12.0 Å². The molecule has 8 nitrogen and oxygen atoms in total. The van der Waals surface area contributed by atoms with Crippen molar-refractivity contribution >= 4 is 12.4 Å². The molecule has 0 unspecified atom stereocenters. The first-order valence-electron chi connectivity index (χ1n) is 12.0. The van der Waals surface area contributed by atoms with E-state index in [9.17, 15) is 15.0 Å². The minimum absolute atomic E-state index is 0.134. The van der Waals surface area contributed by atoms with E-state index in [0.717, 1.165) is 36.1 Å². The number of aliphatic hydroxyl groups is 2. The van der Waals surface area contributed by atoms with E-state index < -0.39 is 17.9 Å². The van der Waals surface area contributed by atoms with Crippen LogP contribution in [0, 0.1) is 0 Å². The number of carbonyl (C=O) groups excluding carboxylic acids is 1. The maximum Gasteiger partial charge on any atom is 0.290 e. The molecule has 3 aromatic rings. The Kier molecular flexibility index (Phi) is 11.2. The molecule has 0 aliphatic carbocycles. The average molecular weight is 498 g/mol. The summed E-state index contributed by atoms with van der Waals surface area (Å²) in [6, 6.07) is 16.7. The maximum absolute atomic E-state index is 13.4. The van der Waals surface area contributed by atoms with Crippen molar-refractivity contribution in [2.75, 3.05) is 6.61 Å². The van der Waals surface area contributed by atoms with Gasteiger partial charge < -0.3 is 24.5 Å². The second-order valence-electron chi connectivity index (χ2n) is 8.47. The molecule has 0 aliphatic heterocycles. The zero-order chi connectivity index (χ0) is 26.6. The van der Waals surface area contributed by atoms with Gasteiger partial charge in [-0.05, 0) is 56.7 Å². The fraction of sp³-hybridized carbons (Fsp3) is 0.357. The number of benzene rings is 2. The van der Waals surface area contributed by atoms with Gasteiger partial charge in [-0.3, -0.25) is 14.5 Å². The zero-order valence-electron chi connectivity index (χ0n) is 21.0. The highest BCUT2D eigenvalue weighted by Gasteiger charge is 2.42. The van der Waals surface area contributed by atoms with Gasteiger partial charge in [0.1, 0.15) is 11.5 Å². The number of para-hydroxylation sites is 1. The van der Waals surface area contributed by atoms with Crippen LogP contribution in [0.15, 0.2) is 71.3 Å². The van der Waals surface area contributed by atoms with Crippen LogP contribution < -0.4 is 4.74 Å². The van der Waals surface area contributed by atoms with E-state index in [1.165, 1.54) is 0 Å². The summed E-state index contributed by atoms with van der Waals surface area (Å²) in [7, 11) is 0. The Balaban J connectivity index is 0.00000145. The Morgan fingerprint density at radius 2 is 1.69 bits per heavy atom. The predicted octanol–water partition coefficient (Wildman–Crippen LogP) is 5.25. The molecule has 2 aromatic carbocycles. The Labute approximate surface area is 211 Å². The lowest BCUT2D eigenvalue weighted by Crippen LogP contribution is -2.53. The standard InChI is InChI=1S/C27H33NO5.CH2O2/c1-4-5-6-9-18-33-25-12-8-7-11-23(25)27(30,31)28(20(2)3)26(29)22-16-14-21(15-17-22)24-13-10-19-32-24;2-1-3/h7-8,10-17,19-20,30-31H,4-6,9,18H2,1-3H3;1H,(H,2,3). The van der Waals surface area contributed by atoms with Crippen molar-refractivity contribution in [2.45, 2.75) is 58.4 Å². The highest BCUT2D eigenvalue weighted by molar-refractivity contribution is 5.95. The first-order chi connectivity index (χ1) is 17.3. The van der Waals surface area contributed by atoms with Crippen LogP contribution in [0.1, 0.15) is 62.4 Å². The number of rotatable bonds is 11. The molecule has 0 saturated carbocycles. The predicted molar refractivity (Wildman–Crippen MR) is 136 cm³/mol. The van der Waals surface area contributed by atoms with Crippen LogP contribution in [0.2, 0.25) is 0 Å². The number of carbonyl (C=O) groups is 2. The molecule has 8 heteroatoms. The van der Waals surface area contributed by atoms with Crippen molar-refractivity contribution in [1.29, 1.82) is 0 Å². The first-order valence-corrected chi connectivity index (χ1v) is 12.0. The summed E-state index contributed by atoms with van der Waals surface area (Å²) in [5.41, 5.74) is 1.30. The highest BCUT2D eigenvalue weighted by atomic mass is 16.5. The lowest BCUT2D eigenvalue weighted by atomic mass is 10.0. The fourth-order valence-corrected chi connectivity index (χ4v) is 3.81. The fourth-order valence-electron chi connectivity index (χ4n) is 3.81. The van der Waals surface area contributed by atoms with Crippen molar-refractivity contribution in [3.63, 3.8) is 0 Å². The van der Waals surface area contributed by atoms with Gasteiger partial charge in [-0.2, -0.15) is 0 Å². The highest BCUT2D eigenvalue weighted by Crippen LogP contribution is 2.34. The molecule has 3 rings (SSSR count). The molecule has 194 valence electrons. The molecule has 0 spiro atoms. The van der Waals surface area contributed by atoms with E-state index >= 15 is 0 Å². The molecule has 36 heavy (non-hydrogen) atoms. The average Bonchev–Trinajstić information content (AvgIpc) is 3.39. The molecular formula is C28H35NO7. The Morgan fingerprint density at radius 3 is 2.28 bits per heavy atom. The summed E-state index contributed by atoms with van der Waals surface area (Å²) in [5, 5.41) is 29.4. The summed E-state index contributed by atoms with van der Waals surface area (Å²) in [5.74, 6) is -2.01. The third-order valence-corrected chi connectivity index (χ3v) is 5.51. The normalized spacial score (nSPS) is 10.9. The van der Waals surface area contributed by atoms with Gasteiger partial charge in [0.25, 0.3) is 18.3 Å². The van der Waals surface area contributed by atoms with Crippen LogP contribution in [-0.4, -0.2) is 45.2 Å². The van der Waals surface area contributed by atoms with Crippen LogP contribution in [0.4, 0.5) is 0 Å². The molecule has 0 saturated heterocycles. The van der Waals surface area contributed by atoms with Gasteiger partial charge in [-0.15, -0.1) is 0 Å². The van der Waals surface area contributed by atoms with Crippen molar-refractivity contribution < 1.29 is 34.1 Å². The second-order valence-corrected chi connectivity index (χ2v) is 8.47. The summed E-state index contributed by atoms with van der Waals surface area (Å²) < 4.78 is 11.3. The lowest BCUT2D eigenvalue weighted by Gasteiger charge is -2.39. The minimum Gasteiger partial charge on any atom is -0.493 e. The monoisotopic (exact) mass is 497 g/mol. The second kappa shape index (κ2) is 14.1. The molecule has 1 aromatic heterocycles. The number of hydrogen-bond acceptors (Lipinski definition) is 6. The van der Waals surface area contributed by atoms with Gasteiger partial charge in [-0.25, -0.2) is 0 Å². The van der Waals surface area contributed by atoms with Gasteiger partial charge in [-0.1, -0.05) is 50.5 Å². The Hall–Kier alpha value is -3.62. The summed E-state index contributed by atoms with van der Waals surface area (Å²) in [4.78, 5) is 22.8. The molecular weight excluding hydrogens is 462 g/mol. The van der Waals surface area contributed by atoms with Crippen LogP contribution >= 0.6 is 0 Å². The SMILES string of the molecule is CCCCCCOc1ccccc1C(O)(O)N(C(=O)c1ccc(-c2ccco2)cc1)C(C)C.O=CO. The molecule has 1 heterocycles. The molecule has 0 bridgehead atoms. The van der Waals surface area contributed by atoms with Crippen molar-refractivity contribution in [3.8, 4) is 17.1 Å². The number of carboxylic acid groups (broad SMARTS) is 1. The Bertz CT molecular complexity index is 1060. The van der Waals surface area contributed by atoms with Crippen molar-refractivity contribution in [3.05, 3.63) is 78.1 Å². The number of unbranched alkanes of at least 4 members (excludes halogenated alkanes) is 3. The third kappa shape index (κ3) is 7.44. The van der Waals surface area contributed by atoms with E-state index in [0.29, 0.717) is 23.7 Å². The quantitative estimate of drug-likeness (QED) is 0.188. The number of amides is 1. The van der Waals surface area contributed by atoms with Crippen LogP contribution in [-0.2, 0) is 10.7 Å². The van der Waals surface area contributed by atoms with Gasteiger partial charge in [0.05, 0.1) is 18.4 Å². The topological polar surface area (TPSA) is 120 Å². The number of hydrogen-bond donors (Lipinski definition) is 3. The van der Waals surface area contributed by atoms with Gasteiger partial charge in [0, 0.05) is 17.2 Å². The Morgan fingerprint density at radius 1 is 1.03 bits per heavy atom. The van der Waals surface area contributed by atoms with E-state index in [4.69, 9.17) is 19.1 Å². The van der Waals surface area contributed by atoms with Crippen molar-refractivity contribution in [2.24, 2.45) is 0 Å². The lowest BCUT2D eigenvalue weighted by molar-refractivity contribution is -0.264. The van der Waals surface area contributed by atoms with E-state index in [2.05, 4.69) is 6.92 Å². The zero-order valence-corrected chi connectivity index (χ0v) is 21.0. The number of ether oxygens (including phenoxy) is 1. The molecule has 0 atom stereocenters. The van der Waals surface area contributed by atoms with Crippen LogP contribution in [0.25, 0.3) is 11.3 Å². The van der Waals surface area contributed by atoms with E-state index in [1.807, 2.05) is 6.07 Å².